The van der Waals surface area contributed by atoms with Crippen LogP contribution in [0.25, 0.3) is 11.1 Å². The Kier molecular flexibility index (Phi) is 4.65. The molecule has 0 radical (unpaired) electrons. The van der Waals surface area contributed by atoms with Crippen LogP contribution in [0.5, 0.6) is 0 Å². The van der Waals surface area contributed by atoms with Crippen LogP contribution in [0.2, 0.25) is 0 Å². The van der Waals surface area contributed by atoms with Crippen LogP contribution in [0.15, 0.2) is 36.5 Å². The van der Waals surface area contributed by atoms with Crippen LogP contribution >= 0.6 is 0 Å². The van der Waals surface area contributed by atoms with Crippen LogP contribution in [-0.4, -0.2) is 36.2 Å². The molecule has 7 heteroatoms. The summed E-state index contributed by atoms with van der Waals surface area (Å²) in [6.07, 6.45) is 0.598. The molecule has 25 heavy (non-hydrogen) atoms. The topological polar surface area (TPSA) is 71.5 Å². The van der Waals surface area contributed by atoms with Gasteiger partial charge in [0.1, 0.15) is 11.9 Å². The van der Waals surface area contributed by atoms with Gasteiger partial charge >= 0.3 is 6.09 Å². The Morgan fingerprint density at radius 3 is 2.84 bits per heavy atom. The second-order valence-corrected chi connectivity index (χ2v) is 5.91. The number of hydrogen-bond acceptors (Lipinski definition) is 4. The number of aryl methyl sites for hydroxylation is 1. The number of carbonyl (C=O) groups is 2. The molecule has 1 atom stereocenters. The number of carbonyl (C=O) groups excluding carboxylic acids is 2. The summed E-state index contributed by atoms with van der Waals surface area (Å²) < 4.78 is 19.7. The summed E-state index contributed by atoms with van der Waals surface area (Å²) in [5, 5.41) is 2.60. The van der Waals surface area contributed by atoms with Crippen LogP contribution in [0.4, 0.5) is 14.9 Å². The number of hydrogen-bond donors (Lipinski definition) is 1. The van der Waals surface area contributed by atoms with Crippen molar-refractivity contribution in [1.82, 2.24) is 10.3 Å². The highest BCUT2D eigenvalue weighted by Crippen LogP contribution is 2.28. The van der Waals surface area contributed by atoms with Crippen LogP contribution < -0.4 is 10.2 Å². The van der Waals surface area contributed by atoms with Crippen molar-refractivity contribution in [3.05, 3.63) is 48.0 Å². The number of benzene rings is 1. The highest BCUT2D eigenvalue weighted by molar-refractivity contribution is 5.90. The lowest BCUT2D eigenvalue weighted by molar-refractivity contribution is -0.119. The first-order valence-electron chi connectivity index (χ1n) is 7.89. The Morgan fingerprint density at radius 1 is 1.40 bits per heavy atom. The Bertz CT molecular complexity index is 808. The van der Waals surface area contributed by atoms with Gasteiger partial charge in [-0.15, -0.1) is 0 Å². The lowest BCUT2D eigenvalue weighted by Crippen LogP contribution is -2.33. The maximum Gasteiger partial charge on any atom is 0.414 e. The van der Waals surface area contributed by atoms with Gasteiger partial charge in [0.15, 0.2) is 0 Å². The van der Waals surface area contributed by atoms with E-state index in [1.807, 2.05) is 13.0 Å². The highest BCUT2D eigenvalue weighted by Gasteiger charge is 2.32. The quantitative estimate of drug-likeness (QED) is 0.926. The predicted molar refractivity (Wildman–Crippen MR) is 90.7 cm³/mol. The van der Waals surface area contributed by atoms with E-state index in [1.54, 1.807) is 24.4 Å². The van der Waals surface area contributed by atoms with E-state index in [2.05, 4.69) is 10.3 Å². The normalized spacial score (nSPS) is 16.7. The van der Waals surface area contributed by atoms with Gasteiger partial charge in [-0.3, -0.25) is 14.7 Å². The zero-order valence-corrected chi connectivity index (χ0v) is 14.0. The second-order valence-electron chi connectivity index (χ2n) is 5.91. The fraction of sp³-hybridized carbons (Fsp3) is 0.278. The van der Waals surface area contributed by atoms with Crippen molar-refractivity contribution in [2.45, 2.75) is 20.0 Å². The van der Waals surface area contributed by atoms with Gasteiger partial charge in [0.2, 0.25) is 5.91 Å². The lowest BCUT2D eigenvalue weighted by Gasteiger charge is -2.14. The minimum Gasteiger partial charge on any atom is -0.442 e. The minimum atomic E-state index is -0.556. The van der Waals surface area contributed by atoms with E-state index in [9.17, 15) is 14.0 Å². The molecule has 1 aliphatic heterocycles. The summed E-state index contributed by atoms with van der Waals surface area (Å²) >= 11 is 0. The summed E-state index contributed by atoms with van der Waals surface area (Å²) in [5.41, 5.74) is 2.35. The molecular formula is C18H18FN3O3. The van der Waals surface area contributed by atoms with Crippen molar-refractivity contribution in [2.24, 2.45) is 0 Å². The number of halogens is 1. The van der Waals surface area contributed by atoms with E-state index in [0.29, 0.717) is 16.8 Å². The number of anilines is 1. The fourth-order valence-electron chi connectivity index (χ4n) is 2.63. The summed E-state index contributed by atoms with van der Waals surface area (Å²) in [4.78, 5) is 28.5. The van der Waals surface area contributed by atoms with Crippen molar-refractivity contribution in [3.63, 3.8) is 0 Å². The zero-order valence-electron chi connectivity index (χ0n) is 14.0. The van der Waals surface area contributed by atoms with E-state index in [0.717, 1.165) is 5.69 Å². The third-order valence-electron chi connectivity index (χ3n) is 3.94. The molecule has 1 N–H and O–H groups in total. The molecule has 0 aliphatic carbocycles. The molecule has 1 fully saturated rings. The van der Waals surface area contributed by atoms with Crippen molar-refractivity contribution >= 4 is 17.7 Å². The molecule has 3 rings (SSSR count). The zero-order chi connectivity index (χ0) is 18.0. The van der Waals surface area contributed by atoms with Crippen LogP contribution in [0, 0.1) is 12.7 Å². The SMILES string of the molecule is CC(=O)NCC1CN(c2ccc(-c3ccc(C)nc3)c(F)c2)C(=O)O1. The Morgan fingerprint density at radius 2 is 2.20 bits per heavy atom. The largest absolute Gasteiger partial charge is 0.442 e. The summed E-state index contributed by atoms with van der Waals surface area (Å²) in [6, 6.07) is 8.20. The average Bonchev–Trinajstić information content (AvgIpc) is 2.95. The average molecular weight is 343 g/mol. The summed E-state index contributed by atoms with van der Waals surface area (Å²) in [7, 11) is 0. The molecule has 130 valence electrons. The van der Waals surface area contributed by atoms with Crippen LogP contribution in [-0.2, 0) is 9.53 Å². The van der Waals surface area contributed by atoms with Crippen LogP contribution in [0.1, 0.15) is 12.6 Å². The maximum absolute atomic E-state index is 14.5. The van der Waals surface area contributed by atoms with Gasteiger partial charge < -0.3 is 10.1 Å². The summed E-state index contributed by atoms with van der Waals surface area (Å²) in [6.45, 7) is 3.74. The molecule has 1 aliphatic rings. The van der Waals surface area contributed by atoms with Gasteiger partial charge in [0, 0.05) is 29.9 Å². The highest BCUT2D eigenvalue weighted by atomic mass is 19.1. The number of nitrogens with zero attached hydrogens (tertiary/aromatic N) is 2. The Balaban J connectivity index is 1.77. The molecule has 2 heterocycles. The number of pyridine rings is 1. The van der Waals surface area contributed by atoms with E-state index in [4.69, 9.17) is 4.74 Å². The van der Waals surface area contributed by atoms with Crippen molar-refractivity contribution in [1.29, 1.82) is 0 Å². The number of cyclic esters (lactones) is 1. The van der Waals surface area contributed by atoms with Gasteiger partial charge in [-0.25, -0.2) is 9.18 Å². The van der Waals surface area contributed by atoms with Crippen molar-refractivity contribution in [2.75, 3.05) is 18.0 Å². The van der Waals surface area contributed by atoms with E-state index < -0.39 is 18.0 Å². The number of aromatic nitrogens is 1. The lowest BCUT2D eigenvalue weighted by atomic mass is 10.1. The van der Waals surface area contributed by atoms with Crippen LogP contribution in [0.3, 0.4) is 0 Å². The van der Waals surface area contributed by atoms with Gasteiger partial charge in [-0.05, 0) is 31.2 Å². The third kappa shape index (κ3) is 3.76. The van der Waals surface area contributed by atoms with E-state index in [-0.39, 0.29) is 19.0 Å². The molecule has 1 aromatic carbocycles. The number of nitrogens with one attached hydrogen (secondary N) is 1. The fourth-order valence-corrected chi connectivity index (χ4v) is 2.63. The summed E-state index contributed by atoms with van der Waals surface area (Å²) in [5.74, 6) is -0.641. The maximum atomic E-state index is 14.5. The van der Waals surface area contributed by atoms with E-state index in [1.165, 1.54) is 17.9 Å². The van der Waals surface area contributed by atoms with Gasteiger partial charge in [-0.2, -0.15) is 0 Å². The molecule has 1 aromatic heterocycles. The predicted octanol–water partition coefficient (Wildman–Crippen LogP) is 2.66. The molecule has 0 saturated carbocycles. The molecule has 1 unspecified atom stereocenters. The number of rotatable bonds is 4. The Labute approximate surface area is 144 Å². The van der Waals surface area contributed by atoms with E-state index >= 15 is 0 Å². The monoisotopic (exact) mass is 343 g/mol. The minimum absolute atomic E-state index is 0.198. The first-order chi connectivity index (χ1) is 11.9. The molecule has 0 spiro atoms. The first-order valence-corrected chi connectivity index (χ1v) is 7.89. The standard InChI is InChI=1S/C18H18FN3O3/c1-11-3-4-13(8-20-11)16-6-5-14(7-17(16)19)22-10-15(25-18(22)24)9-21-12(2)23/h3-8,15H,9-10H2,1-2H3,(H,21,23). The first kappa shape index (κ1) is 16.9. The second kappa shape index (κ2) is 6.88. The molecular weight excluding hydrogens is 325 g/mol. The molecule has 1 saturated heterocycles. The molecule has 2 amide bonds. The smallest absolute Gasteiger partial charge is 0.414 e. The van der Waals surface area contributed by atoms with Gasteiger partial charge in [0.05, 0.1) is 18.8 Å². The van der Waals surface area contributed by atoms with Crippen molar-refractivity contribution in [3.8, 4) is 11.1 Å². The molecule has 6 nitrogen and oxygen atoms in total. The number of ether oxygens (including phenoxy) is 1. The Hall–Kier alpha value is -2.96. The molecule has 2 aromatic rings. The number of amides is 2. The third-order valence-corrected chi connectivity index (χ3v) is 3.94. The van der Waals surface area contributed by atoms with Gasteiger partial charge in [-0.1, -0.05) is 6.07 Å². The van der Waals surface area contributed by atoms with Crippen molar-refractivity contribution < 1.29 is 18.7 Å². The van der Waals surface area contributed by atoms with Gasteiger partial charge in [0.25, 0.3) is 0 Å². The molecule has 0 bridgehead atoms.